The van der Waals surface area contributed by atoms with E-state index in [1.165, 1.54) is 12.1 Å². The molecule has 15 heavy (non-hydrogen) atoms. The Morgan fingerprint density at radius 2 is 2.00 bits per heavy atom. The molecule has 0 spiro atoms. The quantitative estimate of drug-likeness (QED) is 0.378. The average molecular weight is 294 g/mol. The van der Waals surface area contributed by atoms with Crippen LogP contribution in [-0.2, 0) is 10.0 Å². The van der Waals surface area contributed by atoms with Gasteiger partial charge in [-0.05, 0) is 12.1 Å². The average Bonchev–Trinajstić information content (AvgIpc) is 2.01. The van der Waals surface area contributed by atoms with Crippen LogP contribution in [0.4, 0.5) is 5.69 Å². The van der Waals surface area contributed by atoms with E-state index < -0.39 is 10.0 Å². The monoisotopic (exact) mass is 293 g/mol. The third kappa shape index (κ3) is 4.41. The van der Waals surface area contributed by atoms with E-state index in [4.69, 9.17) is 10.9 Å². The van der Waals surface area contributed by atoms with Gasteiger partial charge in [-0.3, -0.25) is 5.73 Å². The molecule has 0 saturated carbocycles. The molecule has 1 aromatic carbocycles. The standard InChI is InChI=1S/C8H11N3O2S.BrH/c1-6(9)11-7-3-2-4-8(5-7)14(10,12)13;/h2-5H,1H3,(H2,9,11)(H2,10,12,13);1H. The van der Waals surface area contributed by atoms with Crippen LogP contribution < -0.4 is 32.8 Å². The summed E-state index contributed by atoms with van der Waals surface area (Å²) in [7, 11) is -3.65. The van der Waals surface area contributed by atoms with Crippen molar-refractivity contribution in [3.63, 3.8) is 0 Å². The Morgan fingerprint density at radius 1 is 1.40 bits per heavy atom. The zero-order valence-corrected chi connectivity index (χ0v) is 10.5. The first-order valence-corrected chi connectivity index (χ1v) is 5.43. The molecule has 1 aromatic rings. The van der Waals surface area contributed by atoms with Gasteiger partial charge in [0.25, 0.3) is 0 Å². The van der Waals surface area contributed by atoms with Gasteiger partial charge in [0.05, 0.1) is 4.90 Å². The van der Waals surface area contributed by atoms with Crippen LogP contribution >= 0.6 is 0 Å². The van der Waals surface area contributed by atoms with E-state index in [-0.39, 0.29) is 21.9 Å². The highest BCUT2D eigenvalue weighted by atomic mass is 79.9. The molecule has 7 heteroatoms. The molecule has 5 nitrogen and oxygen atoms in total. The Morgan fingerprint density at radius 3 is 2.47 bits per heavy atom. The number of nitrogens with two attached hydrogens (primary N) is 2. The normalized spacial score (nSPS) is 12.0. The van der Waals surface area contributed by atoms with Gasteiger partial charge in [0, 0.05) is 13.0 Å². The maximum atomic E-state index is 11.0. The minimum absolute atomic E-state index is 0. The van der Waals surface area contributed by atoms with Gasteiger partial charge in [0.15, 0.2) is 0 Å². The van der Waals surface area contributed by atoms with Gasteiger partial charge in [0.1, 0.15) is 5.69 Å². The Hall–Kier alpha value is -0.920. The fourth-order valence-corrected chi connectivity index (χ4v) is 1.54. The molecule has 5 N–H and O–H groups in total. The molecular formula is C8H12BrN3O2S. The van der Waals surface area contributed by atoms with E-state index in [1.807, 2.05) is 0 Å². The summed E-state index contributed by atoms with van der Waals surface area (Å²) in [4.78, 5) is 2.85. The molecule has 0 bridgehead atoms. The van der Waals surface area contributed by atoms with Crippen molar-refractivity contribution in [1.82, 2.24) is 0 Å². The SMILES string of the molecule is CC(N)=[NH+]c1cccc(S(N)(=O)=O)c1.[Br-]. The number of amidine groups is 1. The second-order valence-corrected chi connectivity index (χ2v) is 4.44. The van der Waals surface area contributed by atoms with Crippen LogP contribution in [0.3, 0.4) is 0 Å². The fraction of sp³-hybridized carbons (Fsp3) is 0.125. The number of hydrogen-bond acceptors (Lipinski definition) is 2. The molecule has 0 aliphatic rings. The molecule has 0 unspecified atom stereocenters. The van der Waals surface area contributed by atoms with E-state index in [0.29, 0.717) is 11.5 Å². The van der Waals surface area contributed by atoms with E-state index in [1.54, 1.807) is 19.1 Å². The minimum Gasteiger partial charge on any atom is -1.00 e. The van der Waals surface area contributed by atoms with Crippen LogP contribution in [0.25, 0.3) is 0 Å². The van der Waals surface area contributed by atoms with Crippen molar-refractivity contribution in [3.8, 4) is 0 Å². The largest absolute Gasteiger partial charge is 1.00 e. The van der Waals surface area contributed by atoms with Crippen LogP contribution in [0.1, 0.15) is 6.92 Å². The first kappa shape index (κ1) is 14.1. The summed E-state index contributed by atoms with van der Waals surface area (Å²) in [6, 6.07) is 6.13. The van der Waals surface area contributed by atoms with Gasteiger partial charge >= 0.3 is 0 Å². The molecule has 84 valence electrons. The van der Waals surface area contributed by atoms with Crippen molar-refractivity contribution in [1.29, 1.82) is 0 Å². The summed E-state index contributed by atoms with van der Waals surface area (Å²) >= 11 is 0. The smallest absolute Gasteiger partial charge is 0.242 e. The van der Waals surface area contributed by atoms with Crippen molar-refractivity contribution in [2.75, 3.05) is 0 Å². The molecule has 0 heterocycles. The highest BCUT2D eigenvalue weighted by Gasteiger charge is 2.08. The van der Waals surface area contributed by atoms with E-state index in [9.17, 15) is 8.42 Å². The minimum atomic E-state index is -3.65. The van der Waals surface area contributed by atoms with Crippen LogP contribution in [0.5, 0.6) is 0 Å². The third-order valence-electron chi connectivity index (χ3n) is 1.50. The zero-order valence-electron chi connectivity index (χ0n) is 8.07. The molecular weight excluding hydrogens is 282 g/mol. The molecule has 0 amide bonds. The molecule has 0 fully saturated rings. The molecule has 1 rings (SSSR count). The lowest BCUT2D eigenvalue weighted by atomic mass is 10.3. The van der Waals surface area contributed by atoms with Gasteiger partial charge in [0.2, 0.25) is 15.9 Å². The van der Waals surface area contributed by atoms with Crippen LogP contribution in [-0.4, -0.2) is 14.3 Å². The molecule has 0 aromatic heterocycles. The lowest BCUT2D eigenvalue weighted by Crippen LogP contribution is -3.00. The van der Waals surface area contributed by atoms with Crippen molar-refractivity contribution >= 4 is 21.5 Å². The fourth-order valence-electron chi connectivity index (χ4n) is 0.979. The summed E-state index contributed by atoms with van der Waals surface area (Å²) in [6.07, 6.45) is 0. The third-order valence-corrected chi connectivity index (χ3v) is 2.42. The predicted molar refractivity (Wildman–Crippen MR) is 53.3 cm³/mol. The number of rotatable bonds is 2. The van der Waals surface area contributed by atoms with Crippen LogP contribution in [0, 0.1) is 0 Å². The number of hydrogen-bond donors (Lipinski definition) is 3. The highest BCUT2D eigenvalue weighted by Crippen LogP contribution is 2.09. The van der Waals surface area contributed by atoms with Gasteiger partial charge in [-0.15, -0.1) is 0 Å². The van der Waals surface area contributed by atoms with Gasteiger partial charge in [-0.1, -0.05) is 6.07 Å². The summed E-state index contributed by atoms with van der Waals surface area (Å²) in [5.41, 5.74) is 6.00. The second-order valence-electron chi connectivity index (χ2n) is 2.88. The van der Waals surface area contributed by atoms with Crippen molar-refractivity contribution in [2.24, 2.45) is 10.9 Å². The maximum Gasteiger partial charge on any atom is 0.242 e. The molecule has 0 radical (unpaired) electrons. The van der Waals surface area contributed by atoms with Crippen LogP contribution in [0.2, 0.25) is 0 Å². The first-order chi connectivity index (χ1) is 6.39. The topological polar surface area (TPSA) is 100 Å². The lowest BCUT2D eigenvalue weighted by molar-refractivity contribution is -0.355. The van der Waals surface area contributed by atoms with E-state index in [0.717, 1.165) is 0 Å². The number of benzene rings is 1. The lowest BCUT2D eigenvalue weighted by Gasteiger charge is -1.97. The molecule has 0 aliphatic heterocycles. The van der Waals surface area contributed by atoms with Gasteiger partial charge < -0.3 is 17.0 Å². The van der Waals surface area contributed by atoms with Crippen molar-refractivity contribution in [2.45, 2.75) is 11.8 Å². The van der Waals surface area contributed by atoms with Gasteiger partial charge in [-0.25, -0.2) is 18.5 Å². The molecule has 0 atom stereocenters. The Labute approximate surface area is 99.0 Å². The summed E-state index contributed by atoms with van der Waals surface area (Å²) in [6.45, 7) is 1.67. The van der Waals surface area contributed by atoms with Gasteiger partial charge in [-0.2, -0.15) is 0 Å². The Kier molecular flexibility index (Phi) is 4.92. The summed E-state index contributed by atoms with van der Waals surface area (Å²) < 4.78 is 22.0. The highest BCUT2D eigenvalue weighted by molar-refractivity contribution is 7.89. The van der Waals surface area contributed by atoms with Crippen LogP contribution in [0.15, 0.2) is 29.2 Å². The number of sulfonamides is 1. The Balaban J connectivity index is 0.00000196. The van der Waals surface area contributed by atoms with Crippen molar-refractivity contribution in [3.05, 3.63) is 24.3 Å². The summed E-state index contributed by atoms with van der Waals surface area (Å²) in [5.74, 6) is 0.483. The molecule has 0 aliphatic carbocycles. The maximum absolute atomic E-state index is 11.0. The molecule has 0 saturated heterocycles. The summed E-state index contributed by atoms with van der Waals surface area (Å²) in [5, 5.41) is 4.96. The van der Waals surface area contributed by atoms with Crippen molar-refractivity contribution < 1.29 is 30.4 Å². The predicted octanol–water partition coefficient (Wildman–Crippen LogP) is -4.57. The Bertz CT molecular complexity index is 467. The van der Waals surface area contributed by atoms with E-state index in [2.05, 4.69) is 4.99 Å². The van der Waals surface area contributed by atoms with E-state index >= 15 is 0 Å². The number of primary sulfonamides is 1. The zero-order chi connectivity index (χ0) is 10.8. The second kappa shape index (κ2) is 5.24. The number of halogens is 1. The first-order valence-electron chi connectivity index (χ1n) is 3.88. The number of nitrogens with one attached hydrogen (secondary N) is 1.